The zero-order valence-corrected chi connectivity index (χ0v) is 8.85. The van der Waals surface area contributed by atoms with E-state index >= 15 is 0 Å². The van der Waals surface area contributed by atoms with Crippen LogP contribution in [0.1, 0.15) is 10.5 Å². The molecule has 0 atom stereocenters. The predicted octanol–water partition coefficient (Wildman–Crippen LogP) is 1.31. The van der Waals surface area contributed by atoms with Gasteiger partial charge in [0.15, 0.2) is 11.9 Å². The third-order valence-electron chi connectivity index (χ3n) is 1.77. The Morgan fingerprint density at radius 2 is 2.43 bits per heavy atom. The van der Waals surface area contributed by atoms with Gasteiger partial charge in [0.25, 0.3) is 0 Å². The predicted molar refractivity (Wildman–Crippen MR) is 52.6 cm³/mol. The summed E-state index contributed by atoms with van der Waals surface area (Å²) < 4.78 is 7.24. The highest BCUT2D eigenvalue weighted by Crippen LogP contribution is 2.18. The molecule has 0 radical (unpaired) electrons. The monoisotopic (exact) mass is 255 g/mol. The first kappa shape index (κ1) is 9.14. The van der Waals surface area contributed by atoms with Crippen molar-refractivity contribution >= 4 is 27.9 Å². The molecular formula is C8H6BrN3O2. The van der Waals surface area contributed by atoms with E-state index in [0.717, 1.165) is 0 Å². The molecule has 72 valence electrons. The number of methoxy groups -OCH3 is 1. The molecule has 2 heterocycles. The topological polar surface area (TPSA) is 56.5 Å². The van der Waals surface area contributed by atoms with Crippen molar-refractivity contribution < 1.29 is 9.53 Å². The smallest absolute Gasteiger partial charge is 0.230 e. The molecule has 0 aliphatic heterocycles. The number of hydrogen-bond acceptors (Lipinski definition) is 4. The Hall–Kier alpha value is -1.43. The molecule has 0 amide bonds. The minimum atomic E-state index is 0.347. The summed E-state index contributed by atoms with van der Waals surface area (Å²) in [6, 6.07) is 0. The average molecular weight is 256 g/mol. The van der Waals surface area contributed by atoms with Gasteiger partial charge in [0.1, 0.15) is 10.3 Å². The van der Waals surface area contributed by atoms with Gasteiger partial charge in [-0.05, 0) is 15.9 Å². The number of aldehydes is 1. The van der Waals surface area contributed by atoms with Crippen LogP contribution in [0.25, 0.3) is 5.65 Å². The van der Waals surface area contributed by atoms with Crippen molar-refractivity contribution in [3.63, 3.8) is 0 Å². The van der Waals surface area contributed by atoms with Gasteiger partial charge in [0.2, 0.25) is 5.88 Å². The van der Waals surface area contributed by atoms with Crippen molar-refractivity contribution in [3.05, 3.63) is 22.7 Å². The lowest BCUT2D eigenvalue weighted by molar-refractivity contribution is 0.111. The standard InChI is InChI=1S/C8H6BrN3O2/c1-14-7-3-12-6(2-10-7)11-5(4-13)8(12)9/h2-4H,1H3. The van der Waals surface area contributed by atoms with E-state index in [2.05, 4.69) is 25.9 Å². The van der Waals surface area contributed by atoms with E-state index in [1.54, 1.807) is 10.6 Å². The van der Waals surface area contributed by atoms with Crippen LogP contribution in [0.2, 0.25) is 0 Å². The van der Waals surface area contributed by atoms with Crippen molar-refractivity contribution in [2.24, 2.45) is 0 Å². The third kappa shape index (κ3) is 1.27. The molecule has 2 aromatic heterocycles. The summed E-state index contributed by atoms with van der Waals surface area (Å²) in [6.45, 7) is 0. The molecule has 5 nitrogen and oxygen atoms in total. The van der Waals surface area contributed by atoms with Crippen molar-refractivity contribution in [2.45, 2.75) is 0 Å². The molecule has 6 heteroatoms. The van der Waals surface area contributed by atoms with Gasteiger partial charge in [0, 0.05) is 0 Å². The van der Waals surface area contributed by atoms with E-state index in [-0.39, 0.29) is 0 Å². The molecule has 0 bridgehead atoms. The van der Waals surface area contributed by atoms with Crippen molar-refractivity contribution in [3.8, 4) is 5.88 Å². The fourth-order valence-corrected chi connectivity index (χ4v) is 1.57. The van der Waals surface area contributed by atoms with E-state index in [9.17, 15) is 4.79 Å². The summed E-state index contributed by atoms with van der Waals surface area (Å²) in [6.07, 6.45) is 3.87. The normalized spacial score (nSPS) is 10.4. The Kier molecular flexibility index (Phi) is 2.20. The number of fused-ring (bicyclic) bond motifs is 1. The second-order valence-corrected chi connectivity index (χ2v) is 3.31. The number of carbonyl (C=O) groups is 1. The molecule has 0 spiro atoms. The zero-order valence-electron chi connectivity index (χ0n) is 7.27. The number of halogens is 1. The molecule has 0 aromatic carbocycles. The first-order valence-corrected chi connectivity index (χ1v) is 4.58. The number of ether oxygens (including phenoxy) is 1. The second-order valence-electron chi connectivity index (χ2n) is 2.56. The molecule has 2 rings (SSSR count). The quantitative estimate of drug-likeness (QED) is 0.760. The number of hydrogen-bond donors (Lipinski definition) is 0. The van der Waals surface area contributed by atoms with Crippen LogP contribution < -0.4 is 4.74 Å². The zero-order chi connectivity index (χ0) is 10.1. The Labute approximate surface area is 87.9 Å². The Bertz CT molecular complexity index is 495. The maximum atomic E-state index is 10.6. The lowest BCUT2D eigenvalue weighted by Crippen LogP contribution is -1.92. The number of nitrogens with zero attached hydrogens (tertiary/aromatic N) is 3. The molecule has 14 heavy (non-hydrogen) atoms. The lowest BCUT2D eigenvalue weighted by atomic mass is 10.5. The van der Waals surface area contributed by atoms with Crippen LogP contribution in [0.3, 0.4) is 0 Å². The minimum absolute atomic E-state index is 0.347. The SMILES string of the molecule is COc1cn2c(Br)c(C=O)nc2cn1. The molecule has 0 saturated carbocycles. The molecule has 0 saturated heterocycles. The molecular weight excluding hydrogens is 250 g/mol. The first-order valence-electron chi connectivity index (χ1n) is 3.79. The maximum Gasteiger partial charge on any atom is 0.230 e. The third-order valence-corrected chi connectivity index (χ3v) is 2.56. The van der Waals surface area contributed by atoms with Gasteiger partial charge in [-0.25, -0.2) is 9.97 Å². The summed E-state index contributed by atoms with van der Waals surface area (Å²) in [5.41, 5.74) is 0.944. The Morgan fingerprint density at radius 3 is 3.07 bits per heavy atom. The number of rotatable bonds is 2. The Balaban J connectivity index is 2.74. The van der Waals surface area contributed by atoms with Gasteiger partial charge in [-0.15, -0.1) is 0 Å². The van der Waals surface area contributed by atoms with Crippen LogP contribution >= 0.6 is 15.9 Å². The van der Waals surface area contributed by atoms with Crippen LogP contribution in [0.4, 0.5) is 0 Å². The van der Waals surface area contributed by atoms with Crippen LogP contribution in [0, 0.1) is 0 Å². The largest absolute Gasteiger partial charge is 0.480 e. The second kappa shape index (κ2) is 3.38. The van der Waals surface area contributed by atoms with Crippen LogP contribution in [-0.4, -0.2) is 27.8 Å². The van der Waals surface area contributed by atoms with Crippen LogP contribution in [0.15, 0.2) is 17.0 Å². The summed E-state index contributed by atoms with van der Waals surface area (Å²) in [7, 11) is 1.53. The van der Waals surface area contributed by atoms with Gasteiger partial charge in [0.05, 0.1) is 19.5 Å². The van der Waals surface area contributed by atoms with E-state index in [0.29, 0.717) is 28.1 Å². The molecule has 0 N–H and O–H groups in total. The highest BCUT2D eigenvalue weighted by molar-refractivity contribution is 9.10. The van der Waals surface area contributed by atoms with Crippen molar-refractivity contribution in [1.29, 1.82) is 0 Å². The van der Waals surface area contributed by atoms with Gasteiger partial charge in [-0.2, -0.15) is 0 Å². The average Bonchev–Trinajstić information content (AvgIpc) is 2.55. The fraction of sp³-hybridized carbons (Fsp3) is 0.125. The van der Waals surface area contributed by atoms with Crippen LogP contribution in [0.5, 0.6) is 5.88 Å². The lowest BCUT2D eigenvalue weighted by Gasteiger charge is -1.98. The first-order chi connectivity index (χ1) is 6.76. The van der Waals surface area contributed by atoms with Gasteiger partial charge in [-0.1, -0.05) is 0 Å². The number of carbonyl (C=O) groups excluding carboxylic acids is 1. The summed E-state index contributed by atoms with van der Waals surface area (Å²) in [5, 5.41) is 0. The summed E-state index contributed by atoms with van der Waals surface area (Å²) in [5.74, 6) is 0.466. The van der Waals surface area contributed by atoms with Crippen molar-refractivity contribution in [1.82, 2.24) is 14.4 Å². The molecule has 0 unspecified atom stereocenters. The highest BCUT2D eigenvalue weighted by Gasteiger charge is 2.09. The van der Waals surface area contributed by atoms with Crippen LogP contribution in [-0.2, 0) is 0 Å². The molecule has 0 fully saturated rings. The van der Waals surface area contributed by atoms with Crippen molar-refractivity contribution in [2.75, 3.05) is 7.11 Å². The van der Waals surface area contributed by atoms with E-state index in [4.69, 9.17) is 4.74 Å². The molecule has 0 aliphatic carbocycles. The summed E-state index contributed by atoms with van der Waals surface area (Å²) in [4.78, 5) is 18.6. The molecule has 0 aliphatic rings. The number of imidazole rings is 1. The Morgan fingerprint density at radius 1 is 1.64 bits per heavy atom. The van der Waals surface area contributed by atoms with Gasteiger partial charge in [-0.3, -0.25) is 9.20 Å². The number of aromatic nitrogens is 3. The van der Waals surface area contributed by atoms with E-state index < -0.39 is 0 Å². The molecule has 2 aromatic rings. The van der Waals surface area contributed by atoms with E-state index in [1.807, 2.05) is 0 Å². The van der Waals surface area contributed by atoms with E-state index in [1.165, 1.54) is 13.3 Å². The summed E-state index contributed by atoms with van der Waals surface area (Å²) >= 11 is 3.26. The van der Waals surface area contributed by atoms with Gasteiger partial charge < -0.3 is 4.74 Å². The maximum absolute atomic E-state index is 10.6. The van der Waals surface area contributed by atoms with Gasteiger partial charge >= 0.3 is 0 Å². The highest BCUT2D eigenvalue weighted by atomic mass is 79.9. The minimum Gasteiger partial charge on any atom is -0.480 e. The fourth-order valence-electron chi connectivity index (χ4n) is 1.11.